The Morgan fingerprint density at radius 2 is 1.68 bits per heavy atom. The molecule has 2 aromatic carbocycles. The molecule has 0 saturated carbocycles. The molecule has 2 heterocycles. The molecule has 28 heavy (non-hydrogen) atoms. The standard InChI is InChI=1S/C24H31N3O/c1-25-14-13-24(12-11-23(25)28)19-27(16-15-26(24)2)18-20-7-6-10-22(17-20)21-8-4-3-5-9-21/h3-10,17H,11-16,18-19H2,1-2H3. The highest BCUT2D eigenvalue weighted by Gasteiger charge is 2.41. The van der Waals surface area contributed by atoms with E-state index in [1.807, 2.05) is 11.9 Å². The van der Waals surface area contributed by atoms with E-state index in [1.54, 1.807) is 0 Å². The van der Waals surface area contributed by atoms with Gasteiger partial charge in [-0.3, -0.25) is 14.6 Å². The van der Waals surface area contributed by atoms with Crippen molar-refractivity contribution in [3.63, 3.8) is 0 Å². The molecule has 1 unspecified atom stereocenters. The van der Waals surface area contributed by atoms with Crippen LogP contribution in [0.1, 0.15) is 24.8 Å². The van der Waals surface area contributed by atoms with Gasteiger partial charge in [0.25, 0.3) is 0 Å². The van der Waals surface area contributed by atoms with E-state index < -0.39 is 0 Å². The maximum atomic E-state index is 12.2. The molecule has 1 spiro atoms. The maximum absolute atomic E-state index is 12.2. The molecular formula is C24H31N3O. The van der Waals surface area contributed by atoms with Crippen LogP contribution in [-0.2, 0) is 11.3 Å². The zero-order chi connectivity index (χ0) is 19.6. The van der Waals surface area contributed by atoms with Crippen molar-refractivity contribution in [2.24, 2.45) is 0 Å². The van der Waals surface area contributed by atoms with Gasteiger partial charge in [0.05, 0.1) is 0 Å². The first kappa shape index (κ1) is 19.2. The van der Waals surface area contributed by atoms with Crippen LogP contribution < -0.4 is 0 Å². The number of hydrogen-bond acceptors (Lipinski definition) is 3. The van der Waals surface area contributed by atoms with Crippen molar-refractivity contribution < 1.29 is 4.79 Å². The van der Waals surface area contributed by atoms with Crippen LogP contribution in [-0.4, -0.2) is 66.4 Å². The van der Waals surface area contributed by atoms with E-state index in [9.17, 15) is 4.79 Å². The molecule has 4 rings (SSSR count). The van der Waals surface area contributed by atoms with Gasteiger partial charge in [-0.25, -0.2) is 0 Å². The van der Waals surface area contributed by atoms with Crippen molar-refractivity contribution in [1.82, 2.24) is 14.7 Å². The normalized spacial score (nSPS) is 24.5. The van der Waals surface area contributed by atoms with Gasteiger partial charge in [0.2, 0.25) is 5.91 Å². The van der Waals surface area contributed by atoms with Crippen molar-refractivity contribution >= 4 is 5.91 Å². The predicted molar refractivity (Wildman–Crippen MR) is 114 cm³/mol. The number of piperazine rings is 1. The van der Waals surface area contributed by atoms with E-state index >= 15 is 0 Å². The summed E-state index contributed by atoms with van der Waals surface area (Å²) in [5, 5.41) is 0. The van der Waals surface area contributed by atoms with Gasteiger partial charge >= 0.3 is 0 Å². The molecule has 148 valence electrons. The van der Waals surface area contributed by atoms with Crippen LogP contribution in [0, 0.1) is 0 Å². The molecule has 2 saturated heterocycles. The van der Waals surface area contributed by atoms with E-state index in [4.69, 9.17) is 0 Å². The lowest BCUT2D eigenvalue weighted by Crippen LogP contribution is -2.60. The number of hydrogen-bond donors (Lipinski definition) is 0. The second kappa shape index (κ2) is 8.06. The number of benzene rings is 2. The molecule has 4 heteroatoms. The Kier molecular flexibility index (Phi) is 5.51. The Morgan fingerprint density at radius 1 is 0.893 bits per heavy atom. The summed E-state index contributed by atoms with van der Waals surface area (Å²) in [6.45, 7) is 5.02. The summed E-state index contributed by atoms with van der Waals surface area (Å²) in [4.78, 5) is 19.2. The first-order valence-electron chi connectivity index (χ1n) is 10.4. The van der Waals surface area contributed by atoms with Crippen molar-refractivity contribution in [2.45, 2.75) is 31.3 Å². The fraction of sp³-hybridized carbons (Fsp3) is 0.458. The minimum absolute atomic E-state index is 0.121. The van der Waals surface area contributed by atoms with E-state index in [0.717, 1.165) is 45.6 Å². The van der Waals surface area contributed by atoms with Crippen molar-refractivity contribution in [1.29, 1.82) is 0 Å². The summed E-state index contributed by atoms with van der Waals surface area (Å²) >= 11 is 0. The number of amides is 1. The summed E-state index contributed by atoms with van der Waals surface area (Å²) < 4.78 is 0. The summed E-state index contributed by atoms with van der Waals surface area (Å²) in [6.07, 6.45) is 2.69. The Hall–Kier alpha value is -2.17. The first-order valence-corrected chi connectivity index (χ1v) is 10.4. The minimum atomic E-state index is 0.121. The van der Waals surface area contributed by atoms with E-state index in [1.165, 1.54) is 16.7 Å². The average molecular weight is 378 g/mol. The lowest BCUT2D eigenvalue weighted by Gasteiger charge is -2.49. The van der Waals surface area contributed by atoms with Gasteiger partial charge in [0.1, 0.15) is 0 Å². The molecule has 0 aromatic heterocycles. The second-order valence-electron chi connectivity index (χ2n) is 8.49. The monoisotopic (exact) mass is 377 g/mol. The number of likely N-dealkylation sites (N-methyl/N-ethyl adjacent to an activating group) is 1. The average Bonchev–Trinajstić information content (AvgIpc) is 2.86. The summed E-state index contributed by atoms with van der Waals surface area (Å²) in [5.41, 5.74) is 4.03. The van der Waals surface area contributed by atoms with Gasteiger partial charge in [0, 0.05) is 51.7 Å². The molecule has 2 aliphatic rings. The van der Waals surface area contributed by atoms with Gasteiger partial charge in [0.15, 0.2) is 0 Å². The Morgan fingerprint density at radius 3 is 2.50 bits per heavy atom. The highest BCUT2D eigenvalue weighted by atomic mass is 16.2. The first-order chi connectivity index (χ1) is 13.6. The minimum Gasteiger partial charge on any atom is -0.346 e. The molecule has 1 amide bonds. The van der Waals surface area contributed by atoms with Crippen LogP contribution in [0.5, 0.6) is 0 Å². The van der Waals surface area contributed by atoms with E-state index in [0.29, 0.717) is 6.42 Å². The molecule has 4 nitrogen and oxygen atoms in total. The van der Waals surface area contributed by atoms with E-state index in [2.05, 4.69) is 71.4 Å². The van der Waals surface area contributed by atoms with Gasteiger partial charge in [-0.1, -0.05) is 48.5 Å². The molecule has 2 aromatic rings. The fourth-order valence-corrected chi connectivity index (χ4v) is 4.71. The molecular weight excluding hydrogens is 346 g/mol. The van der Waals surface area contributed by atoms with Gasteiger partial charge < -0.3 is 4.90 Å². The van der Waals surface area contributed by atoms with Crippen LogP contribution in [0.25, 0.3) is 11.1 Å². The molecule has 1 atom stereocenters. The lowest BCUT2D eigenvalue weighted by atomic mass is 9.86. The summed E-state index contributed by atoms with van der Waals surface area (Å²) in [7, 11) is 4.18. The third-order valence-corrected chi connectivity index (χ3v) is 6.66. The maximum Gasteiger partial charge on any atom is 0.222 e. The number of likely N-dealkylation sites (tertiary alicyclic amines) is 1. The van der Waals surface area contributed by atoms with Crippen LogP contribution in [0.4, 0.5) is 0 Å². The largest absolute Gasteiger partial charge is 0.346 e. The van der Waals surface area contributed by atoms with Gasteiger partial charge in [-0.2, -0.15) is 0 Å². The molecule has 2 aliphatic heterocycles. The Labute approximate surface area is 168 Å². The topological polar surface area (TPSA) is 26.8 Å². The zero-order valence-corrected chi connectivity index (χ0v) is 17.1. The van der Waals surface area contributed by atoms with Gasteiger partial charge in [-0.05, 0) is 42.6 Å². The molecule has 0 radical (unpaired) electrons. The van der Waals surface area contributed by atoms with Crippen molar-refractivity contribution in [3.8, 4) is 11.1 Å². The Bertz CT molecular complexity index is 822. The highest BCUT2D eigenvalue weighted by molar-refractivity contribution is 5.76. The van der Waals surface area contributed by atoms with Crippen molar-refractivity contribution in [2.75, 3.05) is 40.3 Å². The number of rotatable bonds is 3. The van der Waals surface area contributed by atoms with Crippen LogP contribution in [0.2, 0.25) is 0 Å². The smallest absolute Gasteiger partial charge is 0.222 e. The number of carbonyl (C=O) groups is 1. The number of nitrogens with zero attached hydrogens (tertiary/aromatic N) is 3. The van der Waals surface area contributed by atoms with Crippen LogP contribution in [0.3, 0.4) is 0 Å². The quantitative estimate of drug-likeness (QED) is 0.819. The van der Waals surface area contributed by atoms with Gasteiger partial charge in [-0.15, -0.1) is 0 Å². The number of carbonyl (C=O) groups excluding carboxylic acids is 1. The van der Waals surface area contributed by atoms with Crippen LogP contribution in [0.15, 0.2) is 54.6 Å². The second-order valence-corrected chi connectivity index (χ2v) is 8.49. The summed E-state index contributed by atoms with van der Waals surface area (Å²) in [5.74, 6) is 0.290. The van der Waals surface area contributed by atoms with Crippen molar-refractivity contribution in [3.05, 3.63) is 60.2 Å². The molecule has 0 bridgehead atoms. The zero-order valence-electron chi connectivity index (χ0n) is 17.1. The summed E-state index contributed by atoms with van der Waals surface area (Å²) in [6, 6.07) is 19.5. The molecule has 0 N–H and O–H groups in total. The Balaban J connectivity index is 1.49. The predicted octanol–water partition coefficient (Wildman–Crippen LogP) is 3.48. The SMILES string of the molecule is CN1CCC2(CCC1=O)CN(Cc1cccc(-c3ccccc3)c1)CCN2C. The third-order valence-electron chi connectivity index (χ3n) is 6.66. The highest BCUT2D eigenvalue weighted by Crippen LogP contribution is 2.32. The third kappa shape index (κ3) is 3.98. The fourth-order valence-electron chi connectivity index (χ4n) is 4.71. The van der Waals surface area contributed by atoms with Crippen LogP contribution >= 0.6 is 0 Å². The van der Waals surface area contributed by atoms with E-state index in [-0.39, 0.29) is 11.4 Å². The lowest BCUT2D eigenvalue weighted by molar-refractivity contribution is -0.129. The molecule has 2 fully saturated rings. The molecule has 0 aliphatic carbocycles.